The van der Waals surface area contributed by atoms with Crippen LogP contribution in [0.3, 0.4) is 0 Å². The molecule has 0 amide bonds. The molecule has 3 heterocycles. The van der Waals surface area contributed by atoms with E-state index < -0.39 is 5.97 Å². The Morgan fingerprint density at radius 2 is 2.05 bits per heavy atom. The monoisotopic (exact) mass is 271 g/mol. The van der Waals surface area contributed by atoms with Gasteiger partial charge in [-0.25, -0.2) is 14.3 Å². The van der Waals surface area contributed by atoms with Crippen LogP contribution >= 0.6 is 0 Å². The zero-order chi connectivity index (χ0) is 14.4. The molecule has 0 atom stereocenters. The van der Waals surface area contributed by atoms with Crippen LogP contribution in [0, 0.1) is 20.8 Å². The molecule has 0 radical (unpaired) electrons. The Balaban J connectivity index is 2.35. The number of hydrogen-bond acceptors (Lipinski definition) is 4. The van der Waals surface area contributed by atoms with E-state index in [4.69, 9.17) is 4.42 Å². The molecule has 0 aromatic carbocycles. The van der Waals surface area contributed by atoms with Gasteiger partial charge in [0.1, 0.15) is 11.5 Å². The number of carboxylic acid groups (broad SMARTS) is 1. The highest BCUT2D eigenvalue weighted by atomic mass is 16.4. The molecule has 0 aliphatic rings. The third-order valence-corrected chi connectivity index (χ3v) is 3.27. The van der Waals surface area contributed by atoms with E-state index in [0.717, 1.165) is 17.0 Å². The summed E-state index contributed by atoms with van der Waals surface area (Å²) in [5.41, 5.74) is 2.71. The summed E-state index contributed by atoms with van der Waals surface area (Å²) in [6.45, 7) is 5.52. The second-order valence-electron chi connectivity index (χ2n) is 4.69. The quantitative estimate of drug-likeness (QED) is 0.774. The van der Waals surface area contributed by atoms with Crippen LogP contribution in [0.1, 0.15) is 27.5 Å². The van der Waals surface area contributed by atoms with Crippen LogP contribution in [-0.4, -0.2) is 25.7 Å². The molecule has 0 aliphatic carbocycles. The maximum absolute atomic E-state index is 11.4. The van der Waals surface area contributed by atoms with Crippen molar-refractivity contribution in [3.05, 3.63) is 40.9 Å². The highest BCUT2D eigenvalue weighted by Crippen LogP contribution is 2.24. The van der Waals surface area contributed by atoms with Crippen molar-refractivity contribution in [1.29, 1.82) is 0 Å². The van der Waals surface area contributed by atoms with Gasteiger partial charge in [-0.1, -0.05) is 0 Å². The van der Waals surface area contributed by atoms with Crippen molar-refractivity contribution in [3.63, 3.8) is 0 Å². The van der Waals surface area contributed by atoms with Crippen LogP contribution < -0.4 is 0 Å². The minimum atomic E-state index is -1.05. The van der Waals surface area contributed by atoms with Crippen LogP contribution in [-0.2, 0) is 0 Å². The molecule has 1 N–H and O–H groups in total. The van der Waals surface area contributed by atoms with Gasteiger partial charge in [-0.15, -0.1) is 0 Å². The first kappa shape index (κ1) is 12.4. The van der Waals surface area contributed by atoms with Gasteiger partial charge in [0.15, 0.2) is 17.1 Å². The first-order chi connectivity index (χ1) is 9.47. The van der Waals surface area contributed by atoms with E-state index >= 15 is 0 Å². The summed E-state index contributed by atoms with van der Waals surface area (Å²) in [7, 11) is 0. The van der Waals surface area contributed by atoms with Crippen molar-refractivity contribution in [1.82, 2.24) is 14.6 Å². The van der Waals surface area contributed by atoms with Crippen LogP contribution in [0.4, 0.5) is 0 Å². The summed E-state index contributed by atoms with van der Waals surface area (Å²) in [5.74, 6) is 0.245. The largest absolute Gasteiger partial charge is 0.477 e. The number of carbonyl (C=O) groups is 1. The first-order valence-corrected chi connectivity index (χ1v) is 6.14. The maximum atomic E-state index is 11.4. The zero-order valence-electron chi connectivity index (χ0n) is 11.3. The average Bonchev–Trinajstić information content (AvgIpc) is 2.94. The molecule has 6 nitrogen and oxygen atoms in total. The Hall–Kier alpha value is -2.63. The van der Waals surface area contributed by atoms with Gasteiger partial charge < -0.3 is 9.52 Å². The van der Waals surface area contributed by atoms with E-state index in [9.17, 15) is 9.90 Å². The zero-order valence-corrected chi connectivity index (χ0v) is 11.3. The maximum Gasteiger partial charge on any atom is 0.354 e. The fourth-order valence-corrected chi connectivity index (χ4v) is 2.08. The number of aromatic nitrogens is 3. The topological polar surface area (TPSA) is 80.6 Å². The van der Waals surface area contributed by atoms with Crippen LogP contribution in [0.2, 0.25) is 0 Å². The lowest BCUT2D eigenvalue weighted by Crippen LogP contribution is -2.08. The molecular weight excluding hydrogens is 258 g/mol. The normalized spacial score (nSPS) is 11.2. The van der Waals surface area contributed by atoms with Crippen molar-refractivity contribution in [2.75, 3.05) is 0 Å². The van der Waals surface area contributed by atoms with Gasteiger partial charge in [0, 0.05) is 11.6 Å². The molecule has 0 saturated carbocycles. The van der Waals surface area contributed by atoms with Crippen LogP contribution in [0.25, 0.3) is 17.1 Å². The molecule has 0 aliphatic heterocycles. The van der Waals surface area contributed by atoms with Gasteiger partial charge >= 0.3 is 5.97 Å². The van der Waals surface area contributed by atoms with Crippen molar-refractivity contribution in [3.8, 4) is 11.5 Å². The van der Waals surface area contributed by atoms with Gasteiger partial charge in [0.05, 0.1) is 5.69 Å². The number of furan rings is 1. The Bertz CT molecular complexity index is 830. The van der Waals surface area contributed by atoms with Gasteiger partial charge in [-0.2, -0.15) is 5.10 Å². The number of aryl methyl sites for hydroxylation is 3. The Labute approximate surface area is 114 Å². The second kappa shape index (κ2) is 4.19. The second-order valence-corrected chi connectivity index (χ2v) is 4.69. The number of aromatic carboxylic acids is 1. The number of fused-ring (bicyclic) bond motifs is 1. The molecule has 0 spiro atoms. The van der Waals surface area contributed by atoms with Crippen LogP contribution in [0.5, 0.6) is 0 Å². The molecule has 0 saturated heterocycles. The number of carboxylic acids is 1. The summed E-state index contributed by atoms with van der Waals surface area (Å²) in [6.07, 6.45) is 0. The van der Waals surface area contributed by atoms with E-state index in [-0.39, 0.29) is 5.69 Å². The van der Waals surface area contributed by atoms with Crippen molar-refractivity contribution in [2.45, 2.75) is 20.8 Å². The number of nitrogens with zero attached hydrogens (tertiary/aromatic N) is 3. The molecule has 20 heavy (non-hydrogen) atoms. The third kappa shape index (κ3) is 1.77. The minimum absolute atomic E-state index is 0.0650. The van der Waals surface area contributed by atoms with Crippen LogP contribution in [0.15, 0.2) is 22.6 Å². The predicted octanol–water partition coefficient (Wildman–Crippen LogP) is 2.61. The minimum Gasteiger partial charge on any atom is -0.477 e. The Kier molecular flexibility index (Phi) is 2.60. The number of hydrogen-bond donors (Lipinski definition) is 1. The molecular formula is C14H13N3O3. The smallest absolute Gasteiger partial charge is 0.354 e. The molecule has 3 rings (SSSR count). The van der Waals surface area contributed by atoms with E-state index in [1.807, 2.05) is 26.8 Å². The summed E-state index contributed by atoms with van der Waals surface area (Å²) in [5, 5.41) is 13.6. The summed E-state index contributed by atoms with van der Waals surface area (Å²) in [4.78, 5) is 15.9. The van der Waals surface area contributed by atoms with Gasteiger partial charge in [0.25, 0.3) is 0 Å². The Morgan fingerprint density at radius 3 is 2.65 bits per heavy atom. The molecule has 3 aromatic heterocycles. The van der Waals surface area contributed by atoms with E-state index in [1.165, 1.54) is 10.6 Å². The Morgan fingerprint density at radius 1 is 1.30 bits per heavy atom. The van der Waals surface area contributed by atoms with E-state index in [0.29, 0.717) is 17.1 Å². The average molecular weight is 271 g/mol. The lowest BCUT2D eigenvalue weighted by molar-refractivity contribution is 0.0687. The van der Waals surface area contributed by atoms with E-state index in [2.05, 4.69) is 10.1 Å². The summed E-state index contributed by atoms with van der Waals surface area (Å²) >= 11 is 0. The van der Waals surface area contributed by atoms with E-state index in [1.54, 1.807) is 6.07 Å². The molecule has 3 aromatic rings. The fourth-order valence-electron chi connectivity index (χ4n) is 2.08. The summed E-state index contributed by atoms with van der Waals surface area (Å²) in [6, 6.07) is 5.06. The van der Waals surface area contributed by atoms with Crippen molar-refractivity contribution in [2.24, 2.45) is 0 Å². The highest BCUT2D eigenvalue weighted by molar-refractivity contribution is 5.88. The molecule has 102 valence electrons. The van der Waals surface area contributed by atoms with Gasteiger partial charge in [-0.05, 0) is 32.9 Å². The van der Waals surface area contributed by atoms with Gasteiger partial charge in [-0.3, -0.25) is 0 Å². The summed E-state index contributed by atoms with van der Waals surface area (Å²) < 4.78 is 6.87. The third-order valence-electron chi connectivity index (χ3n) is 3.27. The van der Waals surface area contributed by atoms with Gasteiger partial charge in [0.2, 0.25) is 0 Å². The predicted molar refractivity (Wildman–Crippen MR) is 71.9 cm³/mol. The molecule has 0 unspecified atom stereocenters. The van der Waals surface area contributed by atoms with Crippen molar-refractivity contribution < 1.29 is 14.3 Å². The first-order valence-electron chi connectivity index (χ1n) is 6.14. The van der Waals surface area contributed by atoms with Crippen molar-refractivity contribution >= 4 is 11.6 Å². The molecule has 6 heteroatoms. The standard InChI is InChI=1S/C14H13N3O3/c1-7-4-5-12(20-7)10-6-11(14(18)19)17-13(15-10)8(2)9(3)16-17/h4-6H,1-3H3,(H,18,19). The lowest BCUT2D eigenvalue weighted by atomic mass is 10.2. The highest BCUT2D eigenvalue weighted by Gasteiger charge is 2.18. The molecule has 0 bridgehead atoms. The fraction of sp³-hybridized carbons (Fsp3) is 0.214. The molecule has 0 fully saturated rings. The lowest BCUT2D eigenvalue weighted by Gasteiger charge is -2.03. The SMILES string of the molecule is Cc1ccc(-c2cc(C(=O)O)n3nc(C)c(C)c3n2)o1. The number of rotatable bonds is 2.